The number of hydrogen-bond donors (Lipinski definition) is 0. The van der Waals surface area contributed by atoms with Crippen molar-refractivity contribution in [3.63, 3.8) is 0 Å². The first-order chi connectivity index (χ1) is 17.7. The molecule has 3 heterocycles. The lowest BCUT2D eigenvalue weighted by atomic mass is 9.88. The molecule has 0 radical (unpaired) electrons. The largest absolute Gasteiger partial charge is 0.417 e. The van der Waals surface area contributed by atoms with Gasteiger partial charge in [0, 0.05) is 70.9 Å². The van der Waals surface area contributed by atoms with Crippen LogP contribution >= 0.6 is 23.2 Å². The summed E-state index contributed by atoms with van der Waals surface area (Å²) in [6.45, 7) is 2.29. The molecule has 208 valence electrons. The van der Waals surface area contributed by atoms with Gasteiger partial charge in [0.1, 0.15) is 5.82 Å². The molecule has 2 fully saturated rings. The normalized spacial score (nSPS) is 21.1. The Labute approximate surface area is 230 Å². The number of aromatic nitrogens is 1. The fraction of sp³-hybridized carbons (Fsp3) is 0.500. The van der Waals surface area contributed by atoms with Crippen molar-refractivity contribution in [2.45, 2.75) is 12.1 Å². The van der Waals surface area contributed by atoms with Gasteiger partial charge in [0.15, 0.2) is 0 Å². The van der Waals surface area contributed by atoms with Crippen LogP contribution in [0.2, 0.25) is 10.0 Å². The van der Waals surface area contributed by atoms with Gasteiger partial charge in [-0.05, 0) is 29.8 Å². The number of halogens is 5. The van der Waals surface area contributed by atoms with Crippen LogP contribution in [-0.4, -0.2) is 92.7 Å². The highest BCUT2D eigenvalue weighted by Crippen LogP contribution is 2.37. The van der Waals surface area contributed by atoms with Crippen molar-refractivity contribution in [2.24, 2.45) is 5.92 Å². The van der Waals surface area contributed by atoms with E-state index in [0.717, 1.165) is 24.1 Å². The second-order valence-electron chi connectivity index (χ2n) is 9.66. The van der Waals surface area contributed by atoms with Crippen LogP contribution in [0.25, 0.3) is 0 Å². The third kappa shape index (κ3) is 6.47. The van der Waals surface area contributed by atoms with Gasteiger partial charge in [-0.15, -0.1) is 0 Å². The lowest BCUT2D eigenvalue weighted by Gasteiger charge is -2.35. The first-order valence-electron chi connectivity index (χ1n) is 11.9. The first kappa shape index (κ1) is 28.7. The van der Waals surface area contributed by atoms with Gasteiger partial charge >= 0.3 is 12.2 Å². The smallest absolute Gasteiger partial charge is 0.359 e. The summed E-state index contributed by atoms with van der Waals surface area (Å²) in [6.07, 6.45) is -2.51. The van der Waals surface area contributed by atoms with E-state index >= 15 is 0 Å². The number of carbonyl (C=O) groups is 1. The van der Waals surface area contributed by atoms with Gasteiger partial charge in [0.05, 0.1) is 21.9 Å². The van der Waals surface area contributed by atoms with Gasteiger partial charge in [-0.2, -0.15) is 17.5 Å². The lowest BCUT2D eigenvalue weighted by Crippen LogP contribution is -2.53. The summed E-state index contributed by atoms with van der Waals surface area (Å²) in [5.74, 6) is 0.193. The average Bonchev–Trinajstić information content (AvgIpc) is 3.28. The van der Waals surface area contributed by atoms with E-state index in [0.29, 0.717) is 48.6 Å². The summed E-state index contributed by atoms with van der Waals surface area (Å²) in [4.78, 5) is 22.5. The molecule has 0 N–H and O–H groups in total. The third-order valence-corrected chi connectivity index (χ3v) is 9.08. The van der Waals surface area contributed by atoms with Crippen LogP contribution < -0.4 is 4.90 Å². The van der Waals surface area contributed by atoms with E-state index in [4.69, 9.17) is 23.2 Å². The number of sulfonamides is 1. The van der Waals surface area contributed by atoms with Crippen molar-refractivity contribution >= 4 is 45.1 Å². The number of amides is 2. The quantitative estimate of drug-likeness (QED) is 0.518. The Morgan fingerprint density at radius 2 is 1.74 bits per heavy atom. The van der Waals surface area contributed by atoms with Gasteiger partial charge < -0.3 is 14.7 Å². The highest BCUT2D eigenvalue weighted by molar-refractivity contribution is 7.88. The Morgan fingerprint density at radius 1 is 1.05 bits per heavy atom. The van der Waals surface area contributed by atoms with Crippen LogP contribution in [0.5, 0.6) is 0 Å². The van der Waals surface area contributed by atoms with Crippen molar-refractivity contribution in [2.75, 3.05) is 64.0 Å². The highest BCUT2D eigenvalue weighted by Gasteiger charge is 2.39. The number of pyridine rings is 1. The average molecular weight is 594 g/mol. The summed E-state index contributed by atoms with van der Waals surface area (Å²) < 4.78 is 63.9. The number of nitrogens with zero attached hydrogens (tertiary/aromatic N) is 5. The maximum absolute atomic E-state index is 13.4. The number of carbonyl (C=O) groups excluding carboxylic acids is 1. The lowest BCUT2D eigenvalue weighted by molar-refractivity contribution is -0.137. The van der Waals surface area contributed by atoms with Crippen LogP contribution in [0, 0.1) is 5.92 Å². The molecule has 0 bridgehead atoms. The Kier molecular flexibility index (Phi) is 8.37. The van der Waals surface area contributed by atoms with Crippen molar-refractivity contribution in [3.05, 3.63) is 57.7 Å². The van der Waals surface area contributed by atoms with E-state index in [1.54, 1.807) is 33.9 Å². The van der Waals surface area contributed by atoms with Crippen molar-refractivity contribution < 1.29 is 26.4 Å². The molecule has 2 saturated heterocycles. The molecule has 1 aromatic heterocycles. The zero-order valence-electron chi connectivity index (χ0n) is 20.8. The molecule has 38 heavy (non-hydrogen) atoms. The highest BCUT2D eigenvalue weighted by atomic mass is 35.5. The molecule has 0 saturated carbocycles. The van der Waals surface area contributed by atoms with Crippen LogP contribution in [0.15, 0.2) is 36.5 Å². The standard InChI is InChI=1S/C24H28Cl2F3N5O3S/c1-31(22-6-4-18(12-30-22)24(27,28)29)13-17-14-33(15-19(17)16-3-5-20(25)21(26)11-16)23(35)32-7-9-34(10-8-32)38(2,36)37/h3-6,11-12,17,19H,7-10,13-15H2,1-2H3. The van der Waals surface area contributed by atoms with Crippen LogP contribution in [0.1, 0.15) is 17.0 Å². The van der Waals surface area contributed by atoms with E-state index in [-0.39, 0.29) is 31.0 Å². The Morgan fingerprint density at radius 3 is 2.29 bits per heavy atom. The molecule has 2 aliphatic heterocycles. The van der Waals surface area contributed by atoms with Crippen LogP contribution in [0.3, 0.4) is 0 Å². The molecule has 0 aliphatic carbocycles. The SMILES string of the molecule is CN(CC1CN(C(=O)N2CCN(S(C)(=O)=O)CC2)CC1c1ccc(Cl)c(Cl)c1)c1ccc(C(F)(F)F)cn1. The van der Waals surface area contributed by atoms with E-state index < -0.39 is 21.8 Å². The molecular weight excluding hydrogens is 566 g/mol. The Hall–Kier alpha value is -2.28. The predicted molar refractivity (Wildman–Crippen MR) is 140 cm³/mol. The van der Waals surface area contributed by atoms with Gasteiger partial charge in [0.2, 0.25) is 10.0 Å². The van der Waals surface area contributed by atoms with E-state index in [9.17, 15) is 26.4 Å². The summed E-state index contributed by atoms with van der Waals surface area (Å²) in [5, 5.41) is 0.801. The fourth-order valence-corrected chi connectivity index (χ4v) is 6.10. The molecule has 1 aromatic carbocycles. The second kappa shape index (κ2) is 11.1. The minimum atomic E-state index is -4.47. The number of likely N-dealkylation sites (tertiary alicyclic amines) is 1. The number of urea groups is 1. The molecule has 2 atom stereocenters. The topological polar surface area (TPSA) is 77.1 Å². The zero-order chi connectivity index (χ0) is 27.8. The maximum Gasteiger partial charge on any atom is 0.417 e. The number of alkyl halides is 3. The minimum Gasteiger partial charge on any atom is -0.359 e. The first-order valence-corrected chi connectivity index (χ1v) is 14.5. The summed E-state index contributed by atoms with van der Waals surface area (Å²) in [7, 11) is -1.57. The van der Waals surface area contributed by atoms with Gasteiger partial charge in [0.25, 0.3) is 0 Å². The van der Waals surface area contributed by atoms with E-state index in [2.05, 4.69) is 4.98 Å². The molecular formula is C24H28Cl2F3N5O3S. The molecule has 4 rings (SSSR count). The number of anilines is 1. The summed E-state index contributed by atoms with van der Waals surface area (Å²) >= 11 is 12.4. The Balaban J connectivity index is 1.51. The van der Waals surface area contributed by atoms with Gasteiger partial charge in [-0.3, -0.25) is 0 Å². The number of rotatable bonds is 5. The fourth-order valence-electron chi connectivity index (χ4n) is 4.97. The Bertz CT molecular complexity index is 1270. The molecule has 2 amide bonds. The molecule has 2 unspecified atom stereocenters. The van der Waals surface area contributed by atoms with E-state index in [1.165, 1.54) is 10.4 Å². The number of piperazine rings is 1. The van der Waals surface area contributed by atoms with Gasteiger partial charge in [-0.1, -0.05) is 29.3 Å². The molecule has 8 nitrogen and oxygen atoms in total. The second-order valence-corrected chi connectivity index (χ2v) is 12.5. The van der Waals surface area contributed by atoms with Crippen molar-refractivity contribution in [1.29, 1.82) is 0 Å². The summed E-state index contributed by atoms with van der Waals surface area (Å²) in [5.41, 5.74) is 0.0762. The van der Waals surface area contributed by atoms with Gasteiger partial charge in [-0.25, -0.2) is 18.2 Å². The molecule has 2 aromatic rings. The van der Waals surface area contributed by atoms with Crippen molar-refractivity contribution in [1.82, 2.24) is 19.1 Å². The monoisotopic (exact) mass is 593 g/mol. The third-order valence-electron chi connectivity index (χ3n) is 7.04. The van der Waals surface area contributed by atoms with Crippen LogP contribution in [-0.2, 0) is 16.2 Å². The minimum absolute atomic E-state index is 0.0809. The van der Waals surface area contributed by atoms with Crippen LogP contribution in [0.4, 0.5) is 23.8 Å². The maximum atomic E-state index is 13.4. The molecule has 0 spiro atoms. The number of benzene rings is 1. The summed E-state index contributed by atoms with van der Waals surface area (Å²) in [6, 6.07) is 7.48. The molecule has 14 heteroatoms. The molecule has 2 aliphatic rings. The zero-order valence-corrected chi connectivity index (χ0v) is 23.2. The predicted octanol–water partition coefficient (Wildman–Crippen LogP) is 4.26. The van der Waals surface area contributed by atoms with E-state index in [1.807, 2.05) is 6.07 Å². The van der Waals surface area contributed by atoms with Crippen molar-refractivity contribution in [3.8, 4) is 0 Å². The number of hydrogen-bond acceptors (Lipinski definition) is 5.